The van der Waals surface area contributed by atoms with Crippen molar-refractivity contribution in [1.82, 2.24) is 10.2 Å². The van der Waals surface area contributed by atoms with E-state index in [1.165, 1.54) is 4.90 Å². The Hall–Kier alpha value is -2.09. The van der Waals surface area contributed by atoms with Crippen LogP contribution in [0.25, 0.3) is 0 Å². The van der Waals surface area contributed by atoms with Crippen molar-refractivity contribution in [2.24, 2.45) is 0 Å². The molecule has 6 nitrogen and oxygen atoms in total. The fraction of sp³-hybridized carbons (Fsp3) is 0.462. The number of nitro benzene ring substituents is 1. The fourth-order valence-corrected chi connectivity index (χ4v) is 2.33. The van der Waals surface area contributed by atoms with Crippen molar-refractivity contribution in [1.29, 1.82) is 0 Å². The summed E-state index contributed by atoms with van der Waals surface area (Å²) in [4.78, 5) is 23.4. The van der Waals surface area contributed by atoms with Gasteiger partial charge in [-0.3, -0.25) is 14.9 Å². The highest BCUT2D eigenvalue weighted by molar-refractivity contribution is 5.95. The first kappa shape index (κ1) is 15.3. The lowest BCUT2D eigenvalue weighted by Gasteiger charge is -2.37. The zero-order valence-corrected chi connectivity index (χ0v) is 11.6. The first-order valence-corrected chi connectivity index (χ1v) is 6.49. The van der Waals surface area contributed by atoms with Crippen LogP contribution in [0.2, 0.25) is 0 Å². The molecule has 0 bridgehead atoms. The summed E-state index contributed by atoms with van der Waals surface area (Å²) in [7, 11) is 0. The molecule has 1 N–H and O–H groups in total. The van der Waals surface area contributed by atoms with Gasteiger partial charge in [0.05, 0.1) is 4.92 Å². The molecule has 2 rings (SSSR count). The average molecular weight is 299 g/mol. The lowest BCUT2D eigenvalue weighted by Crippen LogP contribution is -2.56. The number of rotatable bonds is 2. The van der Waals surface area contributed by atoms with Gasteiger partial charge < -0.3 is 10.2 Å². The van der Waals surface area contributed by atoms with Gasteiger partial charge in [-0.2, -0.15) is 4.39 Å². The Morgan fingerprint density at radius 1 is 1.43 bits per heavy atom. The molecule has 114 valence electrons. The Kier molecular flexibility index (Phi) is 4.17. The number of amides is 1. The Labute approximate surface area is 119 Å². The molecule has 1 aromatic rings. The van der Waals surface area contributed by atoms with Crippen molar-refractivity contribution in [3.63, 3.8) is 0 Å². The van der Waals surface area contributed by atoms with Crippen LogP contribution in [0.1, 0.15) is 24.2 Å². The average Bonchev–Trinajstić information content (AvgIpc) is 2.41. The Morgan fingerprint density at radius 2 is 2.10 bits per heavy atom. The van der Waals surface area contributed by atoms with Crippen molar-refractivity contribution in [2.45, 2.75) is 25.9 Å². The van der Waals surface area contributed by atoms with E-state index in [4.69, 9.17) is 0 Å². The van der Waals surface area contributed by atoms with Crippen LogP contribution in [0.15, 0.2) is 12.1 Å². The molecule has 1 fully saturated rings. The second-order valence-corrected chi connectivity index (χ2v) is 5.13. The SMILES string of the molecule is CC1CN(C(=O)c2c(F)ccc([N+](=O)[O-])c2F)C(C)CN1. The minimum atomic E-state index is -1.43. The van der Waals surface area contributed by atoms with Crippen molar-refractivity contribution in [3.05, 3.63) is 39.4 Å². The molecule has 2 atom stereocenters. The lowest BCUT2D eigenvalue weighted by atomic mass is 10.1. The topological polar surface area (TPSA) is 75.5 Å². The molecule has 21 heavy (non-hydrogen) atoms. The van der Waals surface area contributed by atoms with Crippen LogP contribution in [0.4, 0.5) is 14.5 Å². The maximum Gasteiger partial charge on any atom is 0.305 e. The molecule has 1 saturated heterocycles. The third kappa shape index (κ3) is 2.85. The number of nitrogens with zero attached hydrogens (tertiary/aromatic N) is 2. The molecule has 1 aliphatic rings. The summed E-state index contributed by atoms with van der Waals surface area (Å²) in [5.41, 5.74) is -1.78. The van der Waals surface area contributed by atoms with Gasteiger partial charge in [0.15, 0.2) is 0 Å². The monoisotopic (exact) mass is 299 g/mol. The van der Waals surface area contributed by atoms with E-state index < -0.39 is 33.7 Å². The highest BCUT2D eigenvalue weighted by Crippen LogP contribution is 2.25. The first-order chi connectivity index (χ1) is 9.82. The number of hydrogen-bond acceptors (Lipinski definition) is 4. The van der Waals surface area contributed by atoms with E-state index in [1.807, 2.05) is 6.92 Å². The minimum Gasteiger partial charge on any atom is -0.333 e. The number of nitro groups is 1. The molecule has 0 spiro atoms. The van der Waals surface area contributed by atoms with E-state index in [1.54, 1.807) is 6.92 Å². The summed E-state index contributed by atoms with van der Waals surface area (Å²) in [5, 5.41) is 13.8. The molecule has 0 aliphatic carbocycles. The van der Waals surface area contributed by atoms with Gasteiger partial charge in [-0.05, 0) is 19.9 Å². The summed E-state index contributed by atoms with van der Waals surface area (Å²) in [6.07, 6.45) is 0. The number of nitrogens with one attached hydrogen (secondary N) is 1. The summed E-state index contributed by atoms with van der Waals surface area (Å²) in [6, 6.07) is 1.18. The van der Waals surface area contributed by atoms with Crippen molar-refractivity contribution in [2.75, 3.05) is 13.1 Å². The fourth-order valence-electron chi connectivity index (χ4n) is 2.33. The van der Waals surface area contributed by atoms with Crippen molar-refractivity contribution in [3.8, 4) is 0 Å². The molecule has 1 aromatic carbocycles. The minimum absolute atomic E-state index is 0.0185. The molecule has 2 unspecified atom stereocenters. The van der Waals surface area contributed by atoms with Gasteiger partial charge in [0.1, 0.15) is 11.4 Å². The zero-order valence-electron chi connectivity index (χ0n) is 11.6. The molecule has 1 heterocycles. The lowest BCUT2D eigenvalue weighted by molar-refractivity contribution is -0.387. The number of carbonyl (C=O) groups is 1. The largest absolute Gasteiger partial charge is 0.333 e. The Bertz CT molecular complexity index is 594. The van der Waals surface area contributed by atoms with Crippen molar-refractivity contribution >= 4 is 11.6 Å². The molecule has 1 aliphatic heterocycles. The number of halogens is 2. The number of hydrogen-bond donors (Lipinski definition) is 1. The number of benzene rings is 1. The smallest absolute Gasteiger partial charge is 0.305 e. The van der Waals surface area contributed by atoms with Gasteiger partial charge >= 0.3 is 5.69 Å². The van der Waals surface area contributed by atoms with E-state index in [0.717, 1.165) is 6.07 Å². The molecular weight excluding hydrogens is 284 g/mol. The standard InChI is InChI=1S/C13H15F2N3O3/c1-7-6-17(8(2)5-16-7)13(19)11-9(14)3-4-10(12(11)15)18(20)21/h3-4,7-8,16H,5-6H2,1-2H3. The van der Waals surface area contributed by atoms with Gasteiger partial charge in [0.25, 0.3) is 5.91 Å². The van der Waals surface area contributed by atoms with E-state index in [2.05, 4.69) is 5.32 Å². The summed E-state index contributed by atoms with van der Waals surface area (Å²) >= 11 is 0. The van der Waals surface area contributed by atoms with E-state index in [9.17, 15) is 23.7 Å². The van der Waals surface area contributed by atoms with Crippen LogP contribution in [-0.4, -0.2) is 40.9 Å². The molecule has 0 aromatic heterocycles. The normalized spacial score (nSPS) is 22.2. The Morgan fingerprint density at radius 3 is 2.71 bits per heavy atom. The van der Waals surface area contributed by atoms with Crippen LogP contribution >= 0.6 is 0 Å². The maximum absolute atomic E-state index is 14.1. The molecular formula is C13H15F2N3O3. The van der Waals surface area contributed by atoms with Crippen LogP contribution in [0, 0.1) is 21.7 Å². The van der Waals surface area contributed by atoms with Gasteiger partial charge in [-0.1, -0.05) is 0 Å². The number of carbonyl (C=O) groups excluding carboxylic acids is 1. The quantitative estimate of drug-likeness (QED) is 0.666. The third-order valence-corrected chi connectivity index (χ3v) is 3.51. The molecule has 0 radical (unpaired) electrons. The van der Waals surface area contributed by atoms with Crippen molar-refractivity contribution < 1.29 is 18.5 Å². The van der Waals surface area contributed by atoms with Crippen LogP contribution in [-0.2, 0) is 0 Å². The van der Waals surface area contributed by atoms with Crippen LogP contribution in [0.3, 0.4) is 0 Å². The number of piperazine rings is 1. The van der Waals surface area contributed by atoms with Crippen LogP contribution < -0.4 is 5.32 Å². The second kappa shape index (κ2) is 5.72. The maximum atomic E-state index is 14.1. The summed E-state index contributed by atoms with van der Waals surface area (Å²) in [6.45, 7) is 4.35. The molecule has 8 heteroatoms. The summed E-state index contributed by atoms with van der Waals surface area (Å²) in [5.74, 6) is -3.39. The highest BCUT2D eigenvalue weighted by atomic mass is 19.1. The van der Waals surface area contributed by atoms with E-state index in [-0.39, 0.29) is 18.6 Å². The predicted molar refractivity (Wildman–Crippen MR) is 71.0 cm³/mol. The van der Waals surface area contributed by atoms with Gasteiger partial charge in [0, 0.05) is 31.2 Å². The third-order valence-electron chi connectivity index (χ3n) is 3.51. The van der Waals surface area contributed by atoms with Crippen LogP contribution in [0.5, 0.6) is 0 Å². The predicted octanol–water partition coefficient (Wildman–Crippen LogP) is 1.70. The Balaban J connectivity index is 2.43. The summed E-state index contributed by atoms with van der Waals surface area (Å²) < 4.78 is 27.9. The molecule has 1 amide bonds. The first-order valence-electron chi connectivity index (χ1n) is 6.49. The highest BCUT2D eigenvalue weighted by Gasteiger charge is 2.33. The van der Waals surface area contributed by atoms with E-state index >= 15 is 0 Å². The van der Waals surface area contributed by atoms with E-state index in [0.29, 0.717) is 12.6 Å². The van der Waals surface area contributed by atoms with Gasteiger partial charge in [-0.15, -0.1) is 0 Å². The second-order valence-electron chi connectivity index (χ2n) is 5.13. The zero-order chi connectivity index (χ0) is 15.7. The van der Waals surface area contributed by atoms with Gasteiger partial charge in [0.2, 0.25) is 5.82 Å². The van der Waals surface area contributed by atoms with Gasteiger partial charge in [-0.25, -0.2) is 4.39 Å². The molecule has 0 saturated carbocycles.